The second-order valence-electron chi connectivity index (χ2n) is 5.72. The van der Waals surface area contributed by atoms with Crippen molar-refractivity contribution in [2.24, 2.45) is 0 Å². The fraction of sp³-hybridized carbons (Fsp3) is 0.263. The lowest BCUT2D eigenvalue weighted by Gasteiger charge is -2.05. The molecule has 0 atom stereocenters. The number of benzene rings is 1. The third-order valence-corrected chi connectivity index (χ3v) is 5.12. The van der Waals surface area contributed by atoms with Gasteiger partial charge in [-0.05, 0) is 32.0 Å². The fourth-order valence-corrected chi connectivity index (χ4v) is 3.62. The van der Waals surface area contributed by atoms with Crippen LogP contribution in [-0.2, 0) is 16.1 Å². The van der Waals surface area contributed by atoms with Gasteiger partial charge in [0.05, 0.1) is 0 Å². The maximum Gasteiger partial charge on any atom is 0.270 e. The molecule has 0 aliphatic heterocycles. The molecule has 0 aliphatic carbocycles. The van der Waals surface area contributed by atoms with Crippen molar-refractivity contribution >= 4 is 57.9 Å². The first-order valence-corrected chi connectivity index (χ1v) is 10.1. The van der Waals surface area contributed by atoms with E-state index in [0.717, 1.165) is 11.3 Å². The molecule has 10 heteroatoms. The summed E-state index contributed by atoms with van der Waals surface area (Å²) in [6.45, 7) is 4.22. The summed E-state index contributed by atoms with van der Waals surface area (Å²) in [7, 11) is 0. The van der Waals surface area contributed by atoms with Crippen LogP contribution in [-0.4, -0.2) is 28.8 Å². The Balaban J connectivity index is 2.46. The third-order valence-electron chi connectivity index (χ3n) is 3.75. The van der Waals surface area contributed by atoms with E-state index in [4.69, 9.17) is 11.6 Å². The number of rotatable bonds is 7. The average Bonchev–Trinajstić information content (AvgIpc) is 3.02. The molecular weight excluding hydrogens is 414 g/mol. The Bertz CT molecular complexity index is 1130. The molecule has 0 aliphatic rings. The van der Waals surface area contributed by atoms with Crippen LogP contribution in [0, 0.1) is 11.3 Å². The normalized spacial score (nSPS) is 12.1. The van der Waals surface area contributed by atoms with Crippen molar-refractivity contribution in [3.8, 4) is 6.07 Å². The van der Waals surface area contributed by atoms with Gasteiger partial charge in [0, 0.05) is 30.7 Å². The maximum absolute atomic E-state index is 12.7. The van der Waals surface area contributed by atoms with Gasteiger partial charge in [0.1, 0.15) is 21.1 Å². The summed E-state index contributed by atoms with van der Waals surface area (Å²) in [6.07, 6.45) is 1.51. The quantitative estimate of drug-likeness (QED) is 0.558. The van der Waals surface area contributed by atoms with Crippen LogP contribution < -0.4 is 30.7 Å². The van der Waals surface area contributed by atoms with E-state index < -0.39 is 5.91 Å². The summed E-state index contributed by atoms with van der Waals surface area (Å²) in [5.41, 5.74) is 0.802. The first-order valence-electron chi connectivity index (χ1n) is 8.79. The van der Waals surface area contributed by atoms with Crippen LogP contribution in [0.1, 0.15) is 13.8 Å². The van der Waals surface area contributed by atoms with Crippen molar-refractivity contribution in [2.75, 3.05) is 23.1 Å². The number of carbonyl (C=O) groups is 2. The highest BCUT2D eigenvalue weighted by Crippen LogP contribution is 2.15. The van der Waals surface area contributed by atoms with E-state index in [-0.39, 0.29) is 22.9 Å². The number of anilines is 2. The molecule has 29 heavy (non-hydrogen) atoms. The number of nitrogens with zero attached hydrogens (tertiary/aromatic N) is 2. The van der Waals surface area contributed by atoms with Gasteiger partial charge in [0.2, 0.25) is 5.91 Å². The van der Waals surface area contributed by atoms with Crippen molar-refractivity contribution in [1.82, 2.24) is 9.88 Å². The van der Waals surface area contributed by atoms with Crippen LogP contribution >= 0.6 is 22.9 Å². The molecule has 0 saturated carbocycles. The second kappa shape index (κ2) is 10.5. The van der Waals surface area contributed by atoms with Crippen LogP contribution in [0.4, 0.5) is 11.4 Å². The molecule has 0 spiro atoms. The summed E-state index contributed by atoms with van der Waals surface area (Å²) in [6, 6.07) is 8.80. The number of amides is 2. The van der Waals surface area contributed by atoms with E-state index in [1.807, 2.05) is 6.07 Å². The lowest BCUT2D eigenvalue weighted by molar-refractivity contribution is -0.115. The van der Waals surface area contributed by atoms with E-state index in [2.05, 4.69) is 16.0 Å². The van der Waals surface area contributed by atoms with Crippen molar-refractivity contribution in [1.29, 1.82) is 5.26 Å². The Hall–Kier alpha value is -3.09. The van der Waals surface area contributed by atoms with Crippen molar-refractivity contribution in [2.45, 2.75) is 20.4 Å². The molecule has 3 N–H and O–H groups in total. The van der Waals surface area contributed by atoms with E-state index in [1.54, 1.807) is 38.1 Å². The summed E-state index contributed by atoms with van der Waals surface area (Å²) in [4.78, 5) is 36.2. The van der Waals surface area contributed by atoms with Gasteiger partial charge in [-0.3, -0.25) is 19.0 Å². The predicted molar refractivity (Wildman–Crippen MR) is 115 cm³/mol. The number of alkyl halides is 1. The van der Waals surface area contributed by atoms with Crippen LogP contribution in [0.25, 0.3) is 11.8 Å². The highest BCUT2D eigenvalue weighted by Gasteiger charge is 2.14. The molecule has 0 saturated heterocycles. The molecule has 1 aromatic heterocycles. The highest BCUT2D eigenvalue weighted by molar-refractivity contribution is 7.07. The Morgan fingerprint density at radius 3 is 2.66 bits per heavy atom. The number of hydrogen-bond acceptors (Lipinski definition) is 6. The largest absolute Gasteiger partial charge is 0.360 e. The predicted octanol–water partition coefficient (Wildman–Crippen LogP) is 0.767. The minimum absolute atomic E-state index is 0.0961. The van der Waals surface area contributed by atoms with Crippen LogP contribution in [0.15, 0.2) is 29.1 Å². The zero-order chi connectivity index (χ0) is 21.4. The van der Waals surface area contributed by atoms with Gasteiger partial charge in [-0.15, -0.1) is 22.9 Å². The zero-order valence-electron chi connectivity index (χ0n) is 15.9. The number of hydrogen-bond donors (Lipinski definition) is 3. The van der Waals surface area contributed by atoms with E-state index in [1.165, 1.54) is 10.8 Å². The standard InChI is InChI=1S/C19H20ClN5O3S/c1-3-22-17(27)14(10-21)19-25(4-2)18(28)15(29-19)11-23-12-6-5-7-13(8-12)24-16(26)9-20/h5-8,11,23H,3-4,9H2,1-2H3,(H,22,27)(H,24,26). The summed E-state index contributed by atoms with van der Waals surface area (Å²) >= 11 is 6.55. The first-order chi connectivity index (χ1) is 13.9. The Kier molecular flexibility index (Phi) is 8.00. The van der Waals surface area contributed by atoms with Crippen LogP contribution in [0.5, 0.6) is 0 Å². The van der Waals surface area contributed by atoms with Gasteiger partial charge in [-0.1, -0.05) is 6.07 Å². The molecule has 152 valence electrons. The molecule has 0 radical (unpaired) electrons. The van der Waals surface area contributed by atoms with Gasteiger partial charge in [0.15, 0.2) is 5.57 Å². The zero-order valence-corrected chi connectivity index (χ0v) is 17.5. The molecule has 1 heterocycles. The molecule has 1 aromatic carbocycles. The number of aromatic nitrogens is 1. The number of nitrogens with one attached hydrogen (secondary N) is 3. The van der Waals surface area contributed by atoms with Crippen molar-refractivity contribution in [3.05, 3.63) is 43.8 Å². The SMILES string of the molecule is CCNC(=O)C(C#N)=c1sc(=CNc2cccc(NC(=O)CCl)c2)c(=O)n1CC. The first kappa shape index (κ1) is 22.2. The van der Waals surface area contributed by atoms with Crippen LogP contribution in [0.3, 0.4) is 0 Å². The van der Waals surface area contributed by atoms with Crippen LogP contribution in [0.2, 0.25) is 0 Å². The molecule has 2 aromatic rings. The minimum Gasteiger partial charge on any atom is -0.360 e. The smallest absolute Gasteiger partial charge is 0.270 e. The molecule has 0 unspecified atom stereocenters. The molecule has 8 nitrogen and oxygen atoms in total. The van der Waals surface area contributed by atoms with Gasteiger partial charge in [0.25, 0.3) is 11.5 Å². The molecule has 0 bridgehead atoms. The van der Waals surface area contributed by atoms with E-state index in [0.29, 0.717) is 33.7 Å². The van der Waals surface area contributed by atoms with Gasteiger partial charge >= 0.3 is 0 Å². The lowest BCUT2D eigenvalue weighted by Crippen LogP contribution is -2.34. The molecular formula is C19H20ClN5O3S. The van der Waals surface area contributed by atoms with E-state index >= 15 is 0 Å². The molecule has 2 amide bonds. The van der Waals surface area contributed by atoms with Gasteiger partial charge in [-0.2, -0.15) is 5.26 Å². The summed E-state index contributed by atoms with van der Waals surface area (Å²) in [5, 5.41) is 17.6. The number of carbonyl (C=O) groups excluding carboxylic acids is 2. The Morgan fingerprint density at radius 1 is 1.31 bits per heavy atom. The molecule has 0 fully saturated rings. The highest BCUT2D eigenvalue weighted by atomic mass is 35.5. The average molecular weight is 434 g/mol. The number of halogens is 1. The maximum atomic E-state index is 12.7. The topological polar surface area (TPSA) is 116 Å². The van der Waals surface area contributed by atoms with Gasteiger partial charge < -0.3 is 16.0 Å². The summed E-state index contributed by atoms with van der Waals surface area (Å²) < 4.78 is 2.04. The van der Waals surface area contributed by atoms with E-state index in [9.17, 15) is 19.6 Å². The number of nitriles is 1. The van der Waals surface area contributed by atoms with Crippen molar-refractivity contribution < 1.29 is 9.59 Å². The Morgan fingerprint density at radius 2 is 2.03 bits per heavy atom. The minimum atomic E-state index is -0.513. The lowest BCUT2D eigenvalue weighted by atomic mass is 10.3. The monoisotopic (exact) mass is 433 g/mol. The Labute approximate surface area is 176 Å². The third kappa shape index (κ3) is 5.47. The number of thiazole rings is 1. The molecule has 2 rings (SSSR count). The van der Waals surface area contributed by atoms with Gasteiger partial charge in [-0.25, -0.2) is 0 Å². The van der Waals surface area contributed by atoms with Crippen molar-refractivity contribution in [3.63, 3.8) is 0 Å². The fourth-order valence-electron chi connectivity index (χ4n) is 2.47. The summed E-state index contributed by atoms with van der Waals surface area (Å²) in [5.74, 6) is -0.992. The second-order valence-corrected chi connectivity index (χ2v) is 7.02.